The van der Waals surface area contributed by atoms with Gasteiger partial charge in [-0.15, -0.1) is 0 Å². The maximum absolute atomic E-state index is 12.4. The van der Waals surface area contributed by atoms with Gasteiger partial charge in [-0.2, -0.15) is 5.10 Å². The van der Waals surface area contributed by atoms with E-state index in [1.54, 1.807) is 29.7 Å². The summed E-state index contributed by atoms with van der Waals surface area (Å²) in [5, 5.41) is 6.92. The van der Waals surface area contributed by atoms with Gasteiger partial charge in [-0.25, -0.2) is 4.68 Å². The second kappa shape index (κ2) is 7.43. The first-order chi connectivity index (χ1) is 12.5. The Bertz CT molecular complexity index is 957. The van der Waals surface area contributed by atoms with Gasteiger partial charge in [0.05, 0.1) is 6.10 Å². The van der Waals surface area contributed by atoms with Crippen LogP contribution in [0.4, 0.5) is 0 Å². The zero-order valence-electron chi connectivity index (χ0n) is 15.0. The molecule has 2 aromatic heterocycles. The predicted molar refractivity (Wildman–Crippen MR) is 98.2 cm³/mol. The van der Waals surface area contributed by atoms with Crippen molar-refractivity contribution in [1.29, 1.82) is 0 Å². The van der Waals surface area contributed by atoms with E-state index in [2.05, 4.69) is 10.4 Å². The molecular weight excluding hydrogens is 332 g/mol. The molecule has 0 fully saturated rings. The maximum atomic E-state index is 12.4. The van der Waals surface area contributed by atoms with E-state index in [-0.39, 0.29) is 17.6 Å². The number of nitrogens with zero attached hydrogens (tertiary/aromatic N) is 3. The molecule has 1 atom stereocenters. The third kappa shape index (κ3) is 3.77. The highest BCUT2D eigenvalue weighted by molar-refractivity contribution is 5.79. The first-order valence-corrected chi connectivity index (χ1v) is 8.53. The minimum atomic E-state index is -0.703. The Morgan fingerprint density at radius 2 is 1.92 bits per heavy atom. The SMILES string of the molecule is CC(C)Oc1ccc(CNC(=O)[C@H](C)n2ncn3cccc3c2=O)cc1. The molecule has 7 nitrogen and oxygen atoms in total. The molecule has 0 aliphatic rings. The average Bonchev–Trinajstić information content (AvgIpc) is 3.10. The van der Waals surface area contributed by atoms with Crippen molar-refractivity contribution in [3.63, 3.8) is 0 Å². The molecule has 0 saturated heterocycles. The van der Waals surface area contributed by atoms with Gasteiger partial charge < -0.3 is 14.5 Å². The Morgan fingerprint density at radius 1 is 1.19 bits per heavy atom. The van der Waals surface area contributed by atoms with E-state index in [1.165, 1.54) is 11.0 Å². The lowest BCUT2D eigenvalue weighted by molar-refractivity contribution is -0.124. The Hall–Kier alpha value is -3.09. The van der Waals surface area contributed by atoms with Crippen molar-refractivity contribution in [3.8, 4) is 5.75 Å². The van der Waals surface area contributed by atoms with Gasteiger partial charge >= 0.3 is 0 Å². The van der Waals surface area contributed by atoms with Crippen LogP contribution < -0.4 is 15.6 Å². The van der Waals surface area contributed by atoms with E-state index in [4.69, 9.17) is 4.74 Å². The molecule has 7 heteroatoms. The number of hydrogen-bond acceptors (Lipinski definition) is 4. The lowest BCUT2D eigenvalue weighted by Crippen LogP contribution is -2.37. The number of ether oxygens (including phenoxy) is 1. The summed E-state index contributed by atoms with van der Waals surface area (Å²) in [6, 6.07) is 10.3. The van der Waals surface area contributed by atoms with Crippen LogP contribution in [0.2, 0.25) is 0 Å². The van der Waals surface area contributed by atoms with Gasteiger partial charge in [0.1, 0.15) is 23.6 Å². The molecule has 0 bridgehead atoms. The van der Waals surface area contributed by atoms with Crippen molar-refractivity contribution in [2.75, 3.05) is 0 Å². The van der Waals surface area contributed by atoms with Crippen molar-refractivity contribution >= 4 is 11.4 Å². The zero-order chi connectivity index (χ0) is 18.7. The van der Waals surface area contributed by atoms with Gasteiger partial charge in [0, 0.05) is 12.7 Å². The molecule has 2 heterocycles. The summed E-state index contributed by atoms with van der Waals surface area (Å²) in [6.07, 6.45) is 3.38. The molecule has 0 aliphatic carbocycles. The molecule has 1 amide bonds. The molecule has 0 unspecified atom stereocenters. The molecule has 1 aromatic carbocycles. The van der Waals surface area contributed by atoms with Gasteiger partial charge in [-0.3, -0.25) is 9.59 Å². The fourth-order valence-corrected chi connectivity index (χ4v) is 2.64. The quantitative estimate of drug-likeness (QED) is 0.736. The highest BCUT2D eigenvalue weighted by Crippen LogP contribution is 2.14. The van der Waals surface area contributed by atoms with E-state index >= 15 is 0 Å². The van der Waals surface area contributed by atoms with E-state index < -0.39 is 6.04 Å². The highest BCUT2D eigenvalue weighted by atomic mass is 16.5. The summed E-state index contributed by atoms with van der Waals surface area (Å²) in [5.41, 5.74) is 1.14. The molecule has 0 saturated carbocycles. The van der Waals surface area contributed by atoms with Gasteiger partial charge in [0.15, 0.2) is 0 Å². The smallest absolute Gasteiger partial charge is 0.291 e. The Morgan fingerprint density at radius 3 is 2.62 bits per heavy atom. The number of aromatic nitrogens is 3. The van der Waals surface area contributed by atoms with Gasteiger partial charge in [-0.05, 0) is 50.6 Å². The first kappa shape index (κ1) is 17.7. The van der Waals surface area contributed by atoms with Crippen molar-refractivity contribution in [2.45, 2.75) is 39.5 Å². The van der Waals surface area contributed by atoms with Crippen molar-refractivity contribution in [1.82, 2.24) is 19.5 Å². The summed E-state index contributed by atoms with van der Waals surface area (Å²) in [4.78, 5) is 24.8. The fraction of sp³-hybridized carbons (Fsp3) is 0.316. The highest BCUT2D eigenvalue weighted by Gasteiger charge is 2.18. The number of amides is 1. The van der Waals surface area contributed by atoms with Crippen LogP contribution in [0.5, 0.6) is 5.75 Å². The number of carbonyl (C=O) groups excluding carboxylic acids is 1. The van der Waals surface area contributed by atoms with Crippen LogP contribution in [-0.4, -0.2) is 26.2 Å². The first-order valence-electron chi connectivity index (χ1n) is 8.53. The molecular formula is C19H22N4O3. The van der Waals surface area contributed by atoms with E-state index in [9.17, 15) is 9.59 Å². The molecule has 1 N–H and O–H groups in total. The molecule has 0 spiro atoms. The topological polar surface area (TPSA) is 77.6 Å². The van der Waals surface area contributed by atoms with Crippen LogP contribution >= 0.6 is 0 Å². The lowest BCUT2D eigenvalue weighted by Gasteiger charge is -2.14. The van der Waals surface area contributed by atoms with Crippen molar-refractivity contribution < 1.29 is 9.53 Å². The average molecular weight is 354 g/mol. The number of carbonyl (C=O) groups is 1. The normalized spacial score (nSPS) is 12.3. The number of rotatable bonds is 6. The van der Waals surface area contributed by atoms with Crippen LogP contribution in [0.15, 0.2) is 53.7 Å². The monoisotopic (exact) mass is 354 g/mol. The summed E-state index contributed by atoms with van der Waals surface area (Å²) in [7, 11) is 0. The Balaban J connectivity index is 1.65. The predicted octanol–water partition coefficient (Wildman–Crippen LogP) is 2.16. The van der Waals surface area contributed by atoms with Crippen molar-refractivity contribution in [2.24, 2.45) is 0 Å². The fourth-order valence-electron chi connectivity index (χ4n) is 2.64. The molecule has 26 heavy (non-hydrogen) atoms. The lowest BCUT2D eigenvalue weighted by atomic mass is 10.2. The summed E-state index contributed by atoms with van der Waals surface area (Å²) in [6.45, 7) is 5.96. The molecule has 0 aliphatic heterocycles. The third-order valence-electron chi connectivity index (χ3n) is 4.01. The third-order valence-corrected chi connectivity index (χ3v) is 4.01. The van der Waals surface area contributed by atoms with Crippen LogP contribution in [0.1, 0.15) is 32.4 Å². The van der Waals surface area contributed by atoms with Gasteiger partial charge in [0.25, 0.3) is 5.56 Å². The van der Waals surface area contributed by atoms with E-state index in [0.29, 0.717) is 12.1 Å². The standard InChI is InChI=1S/C19H22N4O3/c1-13(2)26-16-8-6-15(7-9-16)11-20-18(24)14(3)23-19(25)17-5-4-10-22(17)12-21-23/h4-10,12-14H,11H2,1-3H3,(H,20,24)/t14-/m0/s1. The Kier molecular flexibility index (Phi) is 5.06. The summed E-state index contributed by atoms with van der Waals surface area (Å²) < 4.78 is 8.42. The van der Waals surface area contributed by atoms with Gasteiger partial charge in [0.2, 0.25) is 5.91 Å². The molecule has 0 radical (unpaired) electrons. The van der Waals surface area contributed by atoms with Crippen molar-refractivity contribution in [3.05, 3.63) is 64.8 Å². The maximum Gasteiger partial charge on any atom is 0.291 e. The van der Waals surface area contributed by atoms with E-state index in [0.717, 1.165) is 11.3 Å². The van der Waals surface area contributed by atoms with Crippen LogP contribution in [-0.2, 0) is 11.3 Å². The second-order valence-electron chi connectivity index (χ2n) is 6.39. The number of nitrogens with one attached hydrogen (secondary N) is 1. The minimum Gasteiger partial charge on any atom is -0.491 e. The van der Waals surface area contributed by atoms with Crippen LogP contribution in [0.3, 0.4) is 0 Å². The summed E-state index contributed by atoms with van der Waals surface area (Å²) >= 11 is 0. The Labute approximate surface area is 151 Å². The minimum absolute atomic E-state index is 0.116. The van der Waals surface area contributed by atoms with Crippen LogP contribution in [0.25, 0.3) is 5.52 Å². The molecule has 3 rings (SSSR count). The second-order valence-corrected chi connectivity index (χ2v) is 6.39. The number of benzene rings is 1. The largest absolute Gasteiger partial charge is 0.491 e. The van der Waals surface area contributed by atoms with Crippen LogP contribution in [0, 0.1) is 0 Å². The van der Waals surface area contributed by atoms with E-state index in [1.807, 2.05) is 38.1 Å². The van der Waals surface area contributed by atoms with Gasteiger partial charge in [-0.1, -0.05) is 12.1 Å². The zero-order valence-corrected chi connectivity index (χ0v) is 15.0. The number of hydrogen-bond donors (Lipinski definition) is 1. The molecule has 136 valence electrons. The summed E-state index contributed by atoms with van der Waals surface area (Å²) in [5.74, 6) is 0.526. The number of fused-ring (bicyclic) bond motifs is 1. The molecule has 3 aromatic rings.